The molecule has 0 unspecified atom stereocenters. The normalized spacial score (nSPS) is 11.4. The van der Waals surface area contributed by atoms with Gasteiger partial charge in [-0.15, -0.1) is 0 Å². The molecule has 2 rings (SSSR count). The minimum atomic E-state index is -3.55. The van der Waals surface area contributed by atoms with Gasteiger partial charge in [0.2, 0.25) is 10.0 Å². The summed E-state index contributed by atoms with van der Waals surface area (Å²) >= 11 is 0. The first-order chi connectivity index (χ1) is 9.49. The van der Waals surface area contributed by atoms with Crippen LogP contribution in [0.5, 0.6) is 0 Å². The third kappa shape index (κ3) is 3.52. The number of ketones is 1. The first-order valence-corrected chi connectivity index (χ1v) is 7.56. The first-order valence-electron chi connectivity index (χ1n) is 6.08. The van der Waals surface area contributed by atoms with Crippen molar-refractivity contribution in [2.24, 2.45) is 0 Å². The Hall–Kier alpha value is -1.99. The quantitative estimate of drug-likeness (QED) is 0.781. The highest BCUT2D eigenvalue weighted by Crippen LogP contribution is 2.11. The number of aromatic nitrogens is 2. The van der Waals surface area contributed by atoms with Crippen LogP contribution in [-0.2, 0) is 16.4 Å². The molecule has 0 saturated heterocycles. The summed E-state index contributed by atoms with van der Waals surface area (Å²) in [6.45, 7) is 1.71. The molecule has 0 radical (unpaired) electrons. The van der Waals surface area contributed by atoms with Crippen LogP contribution in [-0.4, -0.2) is 30.9 Å². The standard InChI is InChI=1S/C13H15N3O3S/c1-10(17)11-2-4-13(5-3-11)20(18,19)15-9-7-12-6-8-14-16-12/h2-6,8,15H,7,9H2,1H3,(H,14,16). The molecule has 6 nitrogen and oxygen atoms in total. The third-order valence-electron chi connectivity index (χ3n) is 2.82. The van der Waals surface area contributed by atoms with E-state index in [1.165, 1.54) is 31.2 Å². The topological polar surface area (TPSA) is 91.9 Å². The Morgan fingerprint density at radius 2 is 1.95 bits per heavy atom. The van der Waals surface area contributed by atoms with E-state index < -0.39 is 10.0 Å². The second-order valence-corrected chi connectivity index (χ2v) is 6.08. The van der Waals surface area contributed by atoms with E-state index >= 15 is 0 Å². The summed E-state index contributed by atoms with van der Waals surface area (Å²) in [4.78, 5) is 11.3. The van der Waals surface area contributed by atoms with Crippen LogP contribution in [0.2, 0.25) is 0 Å². The molecular weight excluding hydrogens is 278 g/mol. The molecule has 2 aromatic rings. The number of sulfonamides is 1. The van der Waals surface area contributed by atoms with Gasteiger partial charge in [-0.25, -0.2) is 13.1 Å². The molecule has 0 saturated carbocycles. The lowest BCUT2D eigenvalue weighted by atomic mass is 10.2. The van der Waals surface area contributed by atoms with E-state index in [0.29, 0.717) is 12.0 Å². The smallest absolute Gasteiger partial charge is 0.240 e. The fourth-order valence-electron chi connectivity index (χ4n) is 1.70. The molecule has 1 aromatic heterocycles. The number of carbonyl (C=O) groups excluding carboxylic acids is 1. The average molecular weight is 293 g/mol. The van der Waals surface area contributed by atoms with Crippen LogP contribution in [0.1, 0.15) is 23.0 Å². The molecule has 20 heavy (non-hydrogen) atoms. The summed E-state index contributed by atoms with van der Waals surface area (Å²) in [6, 6.07) is 7.65. The van der Waals surface area contributed by atoms with Crippen LogP contribution >= 0.6 is 0 Å². The predicted octanol–water partition coefficient (Wildman–Crippen LogP) is 1.13. The lowest BCUT2D eigenvalue weighted by Gasteiger charge is -2.06. The van der Waals surface area contributed by atoms with Crippen molar-refractivity contribution in [2.45, 2.75) is 18.2 Å². The zero-order valence-electron chi connectivity index (χ0n) is 11.0. The van der Waals surface area contributed by atoms with Crippen LogP contribution in [0.15, 0.2) is 41.4 Å². The first kappa shape index (κ1) is 14.4. The molecule has 2 N–H and O–H groups in total. The van der Waals surface area contributed by atoms with E-state index in [2.05, 4.69) is 14.9 Å². The SMILES string of the molecule is CC(=O)c1ccc(S(=O)(=O)NCCc2ccn[nH]2)cc1. The van der Waals surface area contributed by atoms with E-state index in [1.807, 2.05) is 0 Å². The summed E-state index contributed by atoms with van der Waals surface area (Å²) in [7, 11) is -3.55. The van der Waals surface area contributed by atoms with E-state index in [4.69, 9.17) is 0 Å². The molecular formula is C13H15N3O3S. The van der Waals surface area contributed by atoms with Gasteiger partial charge in [0.1, 0.15) is 0 Å². The van der Waals surface area contributed by atoms with Crippen molar-refractivity contribution in [1.29, 1.82) is 0 Å². The summed E-state index contributed by atoms with van der Waals surface area (Å²) in [5.41, 5.74) is 1.35. The van der Waals surface area contributed by atoms with E-state index in [0.717, 1.165) is 5.69 Å². The Balaban J connectivity index is 2.00. The zero-order chi connectivity index (χ0) is 14.6. The summed E-state index contributed by atoms with van der Waals surface area (Å²) in [6.07, 6.45) is 2.15. The van der Waals surface area contributed by atoms with E-state index in [1.54, 1.807) is 12.3 Å². The highest BCUT2D eigenvalue weighted by molar-refractivity contribution is 7.89. The van der Waals surface area contributed by atoms with Crippen LogP contribution in [0.4, 0.5) is 0 Å². The van der Waals surface area contributed by atoms with Gasteiger partial charge in [0.05, 0.1) is 4.90 Å². The maximum absolute atomic E-state index is 12.0. The molecule has 0 aliphatic heterocycles. The van der Waals surface area contributed by atoms with Gasteiger partial charge in [-0.05, 0) is 25.1 Å². The number of hydrogen-bond acceptors (Lipinski definition) is 4. The summed E-state index contributed by atoms with van der Waals surface area (Å²) in [5.74, 6) is -0.0962. The minimum Gasteiger partial charge on any atom is -0.295 e. The van der Waals surface area contributed by atoms with Crippen LogP contribution in [0, 0.1) is 0 Å². The number of rotatable bonds is 6. The van der Waals surface area contributed by atoms with Crippen molar-refractivity contribution >= 4 is 15.8 Å². The monoisotopic (exact) mass is 293 g/mol. The van der Waals surface area contributed by atoms with Crippen molar-refractivity contribution in [2.75, 3.05) is 6.54 Å². The van der Waals surface area contributed by atoms with Gasteiger partial charge >= 0.3 is 0 Å². The second kappa shape index (κ2) is 5.98. The minimum absolute atomic E-state index is 0.0962. The molecule has 0 aliphatic carbocycles. The lowest BCUT2D eigenvalue weighted by molar-refractivity contribution is 0.101. The Morgan fingerprint density at radius 3 is 2.50 bits per heavy atom. The molecule has 1 aromatic carbocycles. The summed E-state index contributed by atoms with van der Waals surface area (Å²) in [5, 5.41) is 6.55. The number of nitrogens with one attached hydrogen (secondary N) is 2. The number of benzene rings is 1. The van der Waals surface area contributed by atoms with Crippen molar-refractivity contribution in [3.8, 4) is 0 Å². The molecule has 0 atom stereocenters. The number of nitrogens with zero attached hydrogens (tertiary/aromatic N) is 1. The molecule has 1 heterocycles. The molecule has 0 amide bonds. The zero-order valence-corrected chi connectivity index (χ0v) is 11.8. The number of aromatic amines is 1. The van der Waals surface area contributed by atoms with Crippen molar-refractivity contribution in [3.05, 3.63) is 47.8 Å². The van der Waals surface area contributed by atoms with Gasteiger partial charge in [-0.3, -0.25) is 9.89 Å². The fourth-order valence-corrected chi connectivity index (χ4v) is 2.73. The van der Waals surface area contributed by atoms with Gasteiger partial charge in [-0.1, -0.05) is 12.1 Å². The lowest BCUT2D eigenvalue weighted by Crippen LogP contribution is -2.26. The third-order valence-corrected chi connectivity index (χ3v) is 4.29. The second-order valence-electron chi connectivity index (χ2n) is 4.31. The Bertz CT molecular complexity index is 676. The molecule has 106 valence electrons. The van der Waals surface area contributed by atoms with Gasteiger partial charge in [0.15, 0.2) is 5.78 Å². The Labute approximate surface area is 117 Å². The molecule has 7 heteroatoms. The van der Waals surface area contributed by atoms with Crippen molar-refractivity contribution in [1.82, 2.24) is 14.9 Å². The maximum atomic E-state index is 12.0. The van der Waals surface area contributed by atoms with Crippen LogP contribution in [0.25, 0.3) is 0 Å². The largest absolute Gasteiger partial charge is 0.295 e. The van der Waals surface area contributed by atoms with Gasteiger partial charge < -0.3 is 0 Å². The van der Waals surface area contributed by atoms with E-state index in [-0.39, 0.29) is 17.2 Å². The number of H-pyrrole nitrogens is 1. The maximum Gasteiger partial charge on any atom is 0.240 e. The van der Waals surface area contributed by atoms with Crippen molar-refractivity contribution in [3.63, 3.8) is 0 Å². The van der Waals surface area contributed by atoms with Crippen molar-refractivity contribution < 1.29 is 13.2 Å². The summed E-state index contributed by atoms with van der Waals surface area (Å²) < 4.78 is 26.5. The molecule has 0 bridgehead atoms. The fraction of sp³-hybridized carbons (Fsp3) is 0.231. The van der Waals surface area contributed by atoms with Gasteiger partial charge in [0, 0.05) is 30.4 Å². The Morgan fingerprint density at radius 1 is 1.25 bits per heavy atom. The number of Topliss-reactive ketones (excluding diaryl/α,β-unsaturated/α-hetero) is 1. The molecule has 0 fully saturated rings. The average Bonchev–Trinajstić information content (AvgIpc) is 2.92. The van der Waals surface area contributed by atoms with Gasteiger partial charge in [0.25, 0.3) is 0 Å². The number of hydrogen-bond donors (Lipinski definition) is 2. The predicted molar refractivity (Wildman–Crippen MR) is 73.9 cm³/mol. The van der Waals surface area contributed by atoms with Crippen LogP contribution in [0.3, 0.4) is 0 Å². The van der Waals surface area contributed by atoms with E-state index in [9.17, 15) is 13.2 Å². The number of carbonyl (C=O) groups is 1. The van der Waals surface area contributed by atoms with Gasteiger partial charge in [-0.2, -0.15) is 5.10 Å². The highest BCUT2D eigenvalue weighted by Gasteiger charge is 2.13. The molecule has 0 spiro atoms. The Kier molecular flexibility index (Phi) is 4.31. The van der Waals surface area contributed by atoms with Crippen LogP contribution < -0.4 is 4.72 Å². The highest BCUT2D eigenvalue weighted by atomic mass is 32.2. The molecule has 0 aliphatic rings.